The molecule has 2 atom stereocenters. The van der Waals surface area contributed by atoms with Gasteiger partial charge in [0.15, 0.2) is 0 Å². The quantitative estimate of drug-likeness (QED) is 0.845. The fourth-order valence-electron chi connectivity index (χ4n) is 3.14. The smallest absolute Gasteiger partial charge is 0.122 e. The zero-order chi connectivity index (χ0) is 11.5. The molecule has 17 heavy (non-hydrogen) atoms. The minimum atomic E-state index is 0.717. The minimum absolute atomic E-state index is 0.717. The maximum atomic E-state index is 5.86. The molecule has 0 bridgehead atoms. The third kappa shape index (κ3) is 2.63. The number of ether oxygens (including phenoxy) is 1. The Morgan fingerprint density at radius 1 is 1.24 bits per heavy atom. The van der Waals surface area contributed by atoms with Crippen LogP contribution >= 0.6 is 0 Å². The van der Waals surface area contributed by atoms with Crippen LogP contribution in [0.25, 0.3) is 0 Å². The summed E-state index contributed by atoms with van der Waals surface area (Å²) < 4.78 is 5.86. The zero-order valence-electron chi connectivity index (χ0n) is 10.3. The van der Waals surface area contributed by atoms with Crippen molar-refractivity contribution >= 4 is 0 Å². The van der Waals surface area contributed by atoms with Crippen LogP contribution in [0, 0.1) is 11.8 Å². The zero-order valence-corrected chi connectivity index (χ0v) is 10.3. The molecule has 2 nitrogen and oxygen atoms in total. The SMILES string of the molecule is c1ccc2c(c1)CC(CC1CCCNC1)CO2. The van der Waals surface area contributed by atoms with Gasteiger partial charge in [-0.3, -0.25) is 0 Å². The van der Waals surface area contributed by atoms with Gasteiger partial charge < -0.3 is 10.1 Å². The van der Waals surface area contributed by atoms with Crippen molar-refractivity contribution in [2.45, 2.75) is 25.7 Å². The van der Waals surface area contributed by atoms with Gasteiger partial charge in [-0.2, -0.15) is 0 Å². The largest absolute Gasteiger partial charge is 0.493 e. The van der Waals surface area contributed by atoms with Gasteiger partial charge in [-0.25, -0.2) is 0 Å². The Balaban J connectivity index is 1.60. The summed E-state index contributed by atoms with van der Waals surface area (Å²) in [7, 11) is 0. The lowest BCUT2D eigenvalue weighted by Crippen LogP contribution is -2.33. The molecule has 0 radical (unpaired) electrons. The van der Waals surface area contributed by atoms with E-state index in [1.165, 1.54) is 44.3 Å². The molecule has 0 aliphatic carbocycles. The molecule has 1 saturated heterocycles. The molecule has 2 aliphatic rings. The van der Waals surface area contributed by atoms with Gasteiger partial charge in [0.1, 0.15) is 5.75 Å². The highest BCUT2D eigenvalue weighted by atomic mass is 16.5. The molecule has 3 rings (SSSR count). The first kappa shape index (κ1) is 11.1. The fraction of sp³-hybridized carbons (Fsp3) is 0.600. The highest BCUT2D eigenvalue weighted by Crippen LogP contribution is 2.31. The lowest BCUT2D eigenvalue weighted by Gasteiger charge is -2.30. The molecule has 1 N–H and O–H groups in total. The maximum Gasteiger partial charge on any atom is 0.122 e. The van der Waals surface area contributed by atoms with Crippen LogP contribution in [-0.4, -0.2) is 19.7 Å². The molecule has 1 aromatic rings. The van der Waals surface area contributed by atoms with Crippen LogP contribution < -0.4 is 10.1 Å². The van der Waals surface area contributed by atoms with Crippen molar-refractivity contribution in [1.82, 2.24) is 5.32 Å². The Bertz CT molecular complexity index is 371. The normalized spacial score (nSPS) is 28.2. The van der Waals surface area contributed by atoms with Gasteiger partial charge in [0.2, 0.25) is 0 Å². The van der Waals surface area contributed by atoms with Gasteiger partial charge in [0.25, 0.3) is 0 Å². The Morgan fingerprint density at radius 2 is 2.18 bits per heavy atom. The number of hydrogen-bond donors (Lipinski definition) is 1. The highest BCUT2D eigenvalue weighted by molar-refractivity contribution is 5.35. The molecule has 2 heteroatoms. The van der Waals surface area contributed by atoms with Crippen LogP contribution in [0.15, 0.2) is 24.3 Å². The van der Waals surface area contributed by atoms with Gasteiger partial charge in [-0.1, -0.05) is 18.2 Å². The van der Waals surface area contributed by atoms with E-state index in [9.17, 15) is 0 Å². The first-order chi connectivity index (χ1) is 8.42. The molecule has 92 valence electrons. The van der Waals surface area contributed by atoms with Crippen molar-refractivity contribution in [3.05, 3.63) is 29.8 Å². The topological polar surface area (TPSA) is 21.3 Å². The van der Waals surface area contributed by atoms with E-state index in [4.69, 9.17) is 4.74 Å². The summed E-state index contributed by atoms with van der Waals surface area (Å²) >= 11 is 0. The highest BCUT2D eigenvalue weighted by Gasteiger charge is 2.23. The Kier molecular flexibility index (Phi) is 3.32. The summed E-state index contributed by atoms with van der Waals surface area (Å²) in [5.74, 6) is 2.68. The maximum absolute atomic E-state index is 5.86. The number of para-hydroxylation sites is 1. The molecule has 0 amide bonds. The van der Waals surface area contributed by atoms with Crippen molar-refractivity contribution in [2.75, 3.05) is 19.7 Å². The van der Waals surface area contributed by atoms with E-state index in [0.29, 0.717) is 0 Å². The molecule has 0 aromatic heterocycles. The van der Waals surface area contributed by atoms with Gasteiger partial charge in [0, 0.05) is 0 Å². The molecule has 0 spiro atoms. The monoisotopic (exact) mass is 231 g/mol. The van der Waals surface area contributed by atoms with Gasteiger partial charge in [-0.05, 0) is 62.2 Å². The predicted octanol–water partition coefficient (Wildman–Crippen LogP) is 2.63. The molecule has 1 fully saturated rings. The second kappa shape index (κ2) is 5.09. The van der Waals surface area contributed by atoms with Crippen LogP contribution in [0.4, 0.5) is 0 Å². The van der Waals surface area contributed by atoms with E-state index in [0.717, 1.165) is 24.2 Å². The third-order valence-electron chi connectivity index (χ3n) is 4.02. The van der Waals surface area contributed by atoms with Gasteiger partial charge >= 0.3 is 0 Å². The van der Waals surface area contributed by atoms with Crippen LogP contribution in [0.1, 0.15) is 24.8 Å². The predicted molar refractivity (Wildman–Crippen MR) is 69.3 cm³/mol. The van der Waals surface area contributed by atoms with E-state index in [1.54, 1.807) is 0 Å². The summed E-state index contributed by atoms with van der Waals surface area (Å²) in [6, 6.07) is 8.48. The average Bonchev–Trinajstić information content (AvgIpc) is 2.40. The number of hydrogen-bond acceptors (Lipinski definition) is 2. The average molecular weight is 231 g/mol. The standard InChI is InChI=1S/C15H21NO/c1-2-6-15-14(5-1)9-13(11-17-15)8-12-4-3-7-16-10-12/h1-2,5-6,12-13,16H,3-4,7-11H2. The summed E-state index contributed by atoms with van der Waals surface area (Å²) in [4.78, 5) is 0. The molecule has 2 aliphatic heterocycles. The van der Waals surface area contributed by atoms with Crippen LogP contribution in [0.5, 0.6) is 5.75 Å². The second-order valence-corrected chi connectivity index (χ2v) is 5.44. The lowest BCUT2D eigenvalue weighted by molar-refractivity contribution is 0.185. The first-order valence-corrected chi connectivity index (χ1v) is 6.83. The summed E-state index contributed by atoms with van der Waals surface area (Å²) in [6.07, 6.45) is 5.26. The summed E-state index contributed by atoms with van der Waals surface area (Å²) in [5, 5.41) is 3.50. The number of rotatable bonds is 2. The summed E-state index contributed by atoms with van der Waals surface area (Å²) in [5.41, 5.74) is 1.40. The van der Waals surface area contributed by atoms with Gasteiger partial charge in [0.05, 0.1) is 6.61 Å². The van der Waals surface area contributed by atoms with Gasteiger partial charge in [-0.15, -0.1) is 0 Å². The van der Waals surface area contributed by atoms with Crippen molar-refractivity contribution in [3.8, 4) is 5.75 Å². The first-order valence-electron chi connectivity index (χ1n) is 6.83. The van der Waals surface area contributed by atoms with Crippen molar-refractivity contribution < 1.29 is 4.74 Å². The van der Waals surface area contributed by atoms with E-state index < -0.39 is 0 Å². The van der Waals surface area contributed by atoms with E-state index >= 15 is 0 Å². The van der Waals surface area contributed by atoms with E-state index in [2.05, 4.69) is 29.6 Å². The molecule has 0 saturated carbocycles. The van der Waals surface area contributed by atoms with Crippen LogP contribution in [0.3, 0.4) is 0 Å². The number of fused-ring (bicyclic) bond motifs is 1. The van der Waals surface area contributed by atoms with Crippen molar-refractivity contribution in [3.63, 3.8) is 0 Å². The van der Waals surface area contributed by atoms with Crippen molar-refractivity contribution in [2.24, 2.45) is 11.8 Å². The van der Waals surface area contributed by atoms with Crippen molar-refractivity contribution in [1.29, 1.82) is 0 Å². The molecular formula is C15H21NO. The fourth-order valence-corrected chi connectivity index (χ4v) is 3.14. The Morgan fingerprint density at radius 3 is 3.06 bits per heavy atom. The van der Waals surface area contributed by atoms with Crippen LogP contribution in [0.2, 0.25) is 0 Å². The van der Waals surface area contributed by atoms with E-state index in [1.807, 2.05) is 0 Å². The van der Waals surface area contributed by atoms with Crippen LogP contribution in [-0.2, 0) is 6.42 Å². The molecule has 2 unspecified atom stereocenters. The Labute approximate surface area is 103 Å². The Hall–Kier alpha value is -1.02. The van der Waals surface area contributed by atoms with E-state index in [-0.39, 0.29) is 0 Å². The molecule has 1 aromatic carbocycles. The number of piperidine rings is 1. The molecular weight excluding hydrogens is 210 g/mol. The second-order valence-electron chi connectivity index (χ2n) is 5.44. The lowest BCUT2D eigenvalue weighted by atomic mass is 9.85. The molecule has 2 heterocycles. The number of nitrogens with one attached hydrogen (secondary N) is 1. The number of benzene rings is 1. The third-order valence-corrected chi connectivity index (χ3v) is 4.02. The minimum Gasteiger partial charge on any atom is -0.493 e. The summed E-state index contributed by atoms with van der Waals surface area (Å²) in [6.45, 7) is 3.33.